The molecule has 4 aromatic rings. The van der Waals surface area contributed by atoms with Gasteiger partial charge in [0.1, 0.15) is 29.0 Å². The molecule has 70 heavy (non-hydrogen) atoms. The third-order valence-electron chi connectivity index (χ3n) is 10.6. The van der Waals surface area contributed by atoms with Crippen LogP contribution in [-0.2, 0) is 39.8 Å². The molecule has 0 aromatic heterocycles. The highest BCUT2D eigenvalue weighted by Crippen LogP contribution is 2.48. The first-order chi connectivity index (χ1) is 33.1. The van der Waals surface area contributed by atoms with Crippen molar-refractivity contribution in [1.29, 1.82) is 0 Å². The second kappa shape index (κ2) is 26.8. The van der Waals surface area contributed by atoms with Crippen molar-refractivity contribution in [2.24, 2.45) is 5.73 Å². The fourth-order valence-electron chi connectivity index (χ4n) is 7.36. The van der Waals surface area contributed by atoms with Crippen LogP contribution in [0.3, 0.4) is 0 Å². The van der Waals surface area contributed by atoms with E-state index in [1.165, 1.54) is 23.9 Å². The van der Waals surface area contributed by atoms with Gasteiger partial charge < -0.3 is 46.3 Å². The summed E-state index contributed by atoms with van der Waals surface area (Å²) in [7, 11) is 0. The first kappa shape index (κ1) is 55.7. The number of aliphatic carboxylic acids is 1. The van der Waals surface area contributed by atoms with Crippen molar-refractivity contribution in [3.8, 4) is 5.75 Å². The lowest BCUT2D eigenvalue weighted by Crippen LogP contribution is -2.47. The average molecular weight is 982 g/mol. The summed E-state index contributed by atoms with van der Waals surface area (Å²) in [5.74, 6) is -2.11. The quantitative estimate of drug-likeness (QED) is 0.0272. The number of hydrogen-bond acceptors (Lipinski definition) is 11. The van der Waals surface area contributed by atoms with Crippen LogP contribution in [0.25, 0.3) is 0 Å². The predicted molar refractivity (Wildman–Crippen MR) is 268 cm³/mol. The Hall–Kier alpha value is -6.88. The number of Topliss-reactive ketones (excluding diaryl/α,β-unsaturated/α-hetero) is 1. The Balaban J connectivity index is 1.25. The highest BCUT2D eigenvalue weighted by Gasteiger charge is 2.38. The first-order valence-electron chi connectivity index (χ1n) is 23.3. The molecule has 7 N–H and O–H groups in total. The number of ether oxygens (including phenoxy) is 3. The fourth-order valence-corrected chi connectivity index (χ4v) is 8.93. The number of thioether (sulfide) groups is 1. The van der Waals surface area contributed by atoms with Crippen LogP contribution in [0.4, 0.5) is 14.4 Å². The highest BCUT2D eigenvalue weighted by atomic mass is 32.2. The third kappa shape index (κ3) is 18.9. The Morgan fingerprint density at radius 2 is 1.06 bits per heavy atom. The van der Waals surface area contributed by atoms with Crippen molar-refractivity contribution in [1.82, 2.24) is 21.3 Å². The zero-order valence-electron chi connectivity index (χ0n) is 40.8. The van der Waals surface area contributed by atoms with Crippen LogP contribution in [0, 0.1) is 0 Å². The Morgan fingerprint density at radius 3 is 1.51 bits per heavy atom. The number of carboxylic acids is 1. The zero-order valence-corrected chi connectivity index (χ0v) is 41.6. The summed E-state index contributed by atoms with van der Waals surface area (Å²) in [6, 6.07) is 32.9. The van der Waals surface area contributed by atoms with Crippen LogP contribution in [0.2, 0.25) is 0 Å². The van der Waals surface area contributed by atoms with Crippen LogP contribution < -0.4 is 31.7 Å². The van der Waals surface area contributed by atoms with E-state index in [0.29, 0.717) is 31.2 Å². The lowest BCUT2D eigenvalue weighted by atomic mass is 9.84. The van der Waals surface area contributed by atoms with E-state index in [1.807, 2.05) is 54.6 Å². The molecule has 0 bridgehead atoms. The summed E-state index contributed by atoms with van der Waals surface area (Å²) in [6.45, 7) is 10.0. The predicted octanol–water partition coefficient (Wildman–Crippen LogP) is 8.18. The molecule has 0 aliphatic heterocycles. The second-order valence-corrected chi connectivity index (χ2v) is 19.9. The van der Waals surface area contributed by atoms with Gasteiger partial charge in [-0.15, -0.1) is 11.8 Å². The molecular weight excluding hydrogens is 915 g/mol. The zero-order chi connectivity index (χ0) is 51.3. The van der Waals surface area contributed by atoms with Gasteiger partial charge in [0.25, 0.3) is 0 Å². The molecule has 0 aliphatic rings. The van der Waals surface area contributed by atoms with Gasteiger partial charge in [-0.25, -0.2) is 19.2 Å². The normalized spacial score (nSPS) is 12.8. The fraction of sp³-hybridized carbons (Fsp3) is 0.415. The average Bonchev–Trinajstić information content (AvgIpc) is 3.29. The van der Waals surface area contributed by atoms with Gasteiger partial charge in [-0.3, -0.25) is 14.4 Å². The van der Waals surface area contributed by atoms with Crippen LogP contribution in [0.5, 0.6) is 5.75 Å². The van der Waals surface area contributed by atoms with Crippen LogP contribution in [-0.4, -0.2) is 88.6 Å². The monoisotopic (exact) mass is 981 g/mol. The van der Waals surface area contributed by atoms with Crippen molar-refractivity contribution in [3.05, 3.63) is 138 Å². The standard InChI is InChI=1S/C53H67N5O11S/c1-51(2,3)68-49(65)57-41(32-33-55-48(64)67-40-30-28-36(29-31-40)34-42(47(62)63)58-50(66)69-52(4,5)6)44(59)26-18-7-8-19-27-45(60)56-43(46(54)61)35-70-53(37-20-12-9-13-21-37,38-22-14-10-15-23-38)39-24-16-11-17-25-39/h9-17,20-25,28-31,41-43H,7-8,18-19,26-27,32-35H2,1-6H3,(H2,54,61)(H,55,64)(H,56,60)(H,57,65)(H,58,66)(H,62,63)/t41-,42-,43-/m0/s1. The van der Waals surface area contributed by atoms with E-state index in [2.05, 4.69) is 57.7 Å². The number of unbranched alkanes of at least 4 members (excludes halogenated alkanes) is 3. The molecule has 4 aromatic carbocycles. The number of alkyl carbamates (subject to hydrolysis) is 2. The van der Waals surface area contributed by atoms with Gasteiger partial charge in [0.05, 0.1) is 10.8 Å². The molecule has 0 unspecified atom stereocenters. The summed E-state index contributed by atoms with van der Waals surface area (Å²) >= 11 is 1.53. The Morgan fingerprint density at radius 1 is 0.586 bits per heavy atom. The van der Waals surface area contributed by atoms with Gasteiger partial charge >= 0.3 is 24.2 Å². The number of amides is 5. The number of carbonyl (C=O) groups is 7. The molecule has 0 saturated heterocycles. The SMILES string of the molecule is CC(C)(C)OC(=O)N[C@@H](Cc1ccc(OC(=O)NCC[C@H](NC(=O)OC(C)(C)C)C(=O)CCCCCCC(=O)N[C@@H](CSC(c2ccccc2)(c2ccccc2)c2ccccc2)C(N)=O)cc1)C(=O)O. The summed E-state index contributed by atoms with van der Waals surface area (Å²) < 4.78 is 15.2. The summed E-state index contributed by atoms with van der Waals surface area (Å²) in [5.41, 5.74) is 7.83. The molecule has 5 amide bonds. The topological polar surface area (TPSA) is 242 Å². The maximum Gasteiger partial charge on any atom is 0.412 e. The van der Waals surface area contributed by atoms with Crippen LogP contribution in [0.15, 0.2) is 115 Å². The third-order valence-corrected chi connectivity index (χ3v) is 12.2. The molecule has 0 radical (unpaired) electrons. The van der Waals surface area contributed by atoms with Crippen molar-refractivity contribution in [2.75, 3.05) is 12.3 Å². The number of hydrogen-bond donors (Lipinski definition) is 6. The number of benzene rings is 4. The van der Waals surface area contributed by atoms with Gasteiger partial charge in [-0.05, 0) is 95.2 Å². The molecule has 0 spiro atoms. The van der Waals surface area contributed by atoms with Crippen molar-refractivity contribution < 1.29 is 52.9 Å². The smallest absolute Gasteiger partial charge is 0.412 e. The molecule has 0 saturated carbocycles. The lowest BCUT2D eigenvalue weighted by Gasteiger charge is -2.36. The molecular formula is C53H67N5O11S. The van der Waals surface area contributed by atoms with Gasteiger partial charge in [0.15, 0.2) is 5.78 Å². The summed E-state index contributed by atoms with van der Waals surface area (Å²) in [5, 5.41) is 20.0. The number of carbonyl (C=O) groups excluding carboxylic acids is 6. The Labute approximate surface area is 414 Å². The van der Waals surface area contributed by atoms with Crippen LogP contribution in [0.1, 0.15) is 109 Å². The van der Waals surface area contributed by atoms with Gasteiger partial charge in [0, 0.05) is 31.6 Å². The van der Waals surface area contributed by atoms with Gasteiger partial charge in [-0.2, -0.15) is 0 Å². The Kier molecular flexibility index (Phi) is 21.3. The number of nitrogens with one attached hydrogen (secondary N) is 4. The minimum atomic E-state index is -1.26. The minimum Gasteiger partial charge on any atom is -0.480 e. The second-order valence-electron chi connectivity index (χ2n) is 18.7. The number of primary amides is 1. The Bertz CT molecular complexity index is 2240. The molecule has 4 rings (SSSR count). The van der Waals surface area contributed by atoms with E-state index in [4.69, 9.17) is 19.9 Å². The number of rotatable bonds is 25. The largest absolute Gasteiger partial charge is 0.480 e. The van der Waals surface area contributed by atoms with Crippen molar-refractivity contribution in [3.63, 3.8) is 0 Å². The first-order valence-corrected chi connectivity index (χ1v) is 24.3. The summed E-state index contributed by atoms with van der Waals surface area (Å²) in [6.07, 6.45) is -0.0136. The molecule has 0 heterocycles. The highest BCUT2D eigenvalue weighted by molar-refractivity contribution is 8.00. The van der Waals surface area contributed by atoms with Crippen LogP contribution >= 0.6 is 11.8 Å². The number of nitrogens with two attached hydrogens (primary N) is 1. The van der Waals surface area contributed by atoms with E-state index >= 15 is 0 Å². The maximum atomic E-state index is 13.4. The molecule has 0 fully saturated rings. The minimum absolute atomic E-state index is 0.0363. The molecule has 17 heteroatoms. The molecule has 3 atom stereocenters. The van der Waals surface area contributed by atoms with E-state index < -0.39 is 64.2 Å². The lowest BCUT2D eigenvalue weighted by molar-refractivity contribution is -0.139. The molecule has 376 valence electrons. The van der Waals surface area contributed by atoms with E-state index in [1.54, 1.807) is 53.7 Å². The summed E-state index contributed by atoms with van der Waals surface area (Å²) in [4.78, 5) is 88.7. The van der Waals surface area contributed by atoms with Gasteiger partial charge in [-0.1, -0.05) is 116 Å². The molecule has 16 nitrogen and oxygen atoms in total. The number of ketones is 1. The maximum absolute atomic E-state index is 13.4. The van der Waals surface area contributed by atoms with E-state index in [0.717, 1.165) is 16.7 Å². The van der Waals surface area contributed by atoms with E-state index in [9.17, 15) is 38.7 Å². The van der Waals surface area contributed by atoms with E-state index in [-0.39, 0.29) is 55.4 Å². The van der Waals surface area contributed by atoms with Crippen molar-refractivity contribution >= 4 is 53.6 Å². The number of carboxylic acid groups (broad SMARTS) is 1. The molecule has 0 aliphatic carbocycles. The van der Waals surface area contributed by atoms with Crippen molar-refractivity contribution in [2.45, 2.75) is 127 Å². The van der Waals surface area contributed by atoms with Gasteiger partial charge in [0.2, 0.25) is 11.8 Å².